The molecule has 0 saturated heterocycles. The summed E-state index contributed by atoms with van der Waals surface area (Å²) in [6.45, 7) is -0.581. The smallest absolute Gasteiger partial charge is 0.168 e. The van der Waals surface area contributed by atoms with Crippen LogP contribution in [0, 0.1) is 0 Å². The van der Waals surface area contributed by atoms with Crippen molar-refractivity contribution in [2.45, 2.75) is 11.8 Å². The number of benzene rings is 1. The fourth-order valence-electron chi connectivity index (χ4n) is 1.04. The highest BCUT2D eigenvalue weighted by atomic mass is 16.4. The van der Waals surface area contributed by atoms with Crippen LogP contribution in [0.3, 0.4) is 0 Å². The Kier molecular flexibility index (Phi) is 3.00. The van der Waals surface area contributed by atoms with E-state index in [1.54, 1.807) is 30.3 Å². The van der Waals surface area contributed by atoms with E-state index in [0.29, 0.717) is 5.56 Å². The molecule has 5 N–H and O–H groups in total. The van der Waals surface area contributed by atoms with Gasteiger partial charge in [-0.2, -0.15) is 0 Å². The van der Waals surface area contributed by atoms with Crippen LogP contribution in [0.5, 0.6) is 0 Å². The second-order valence-corrected chi connectivity index (χ2v) is 2.89. The lowest BCUT2D eigenvalue weighted by Gasteiger charge is -2.27. The monoisotopic (exact) mass is 183 g/mol. The van der Waals surface area contributed by atoms with Crippen molar-refractivity contribution in [3.8, 4) is 0 Å². The van der Waals surface area contributed by atoms with Gasteiger partial charge < -0.3 is 15.3 Å². The molecule has 0 bridgehead atoms. The fraction of sp³-hybridized carbons (Fsp3) is 0.333. The second kappa shape index (κ2) is 3.85. The van der Waals surface area contributed by atoms with Crippen LogP contribution >= 0.6 is 0 Å². The van der Waals surface area contributed by atoms with Gasteiger partial charge in [-0.05, 0) is 0 Å². The van der Waals surface area contributed by atoms with Gasteiger partial charge in [0, 0.05) is 5.56 Å². The molecule has 4 heteroatoms. The van der Waals surface area contributed by atoms with Crippen molar-refractivity contribution in [1.29, 1.82) is 0 Å². The van der Waals surface area contributed by atoms with Gasteiger partial charge in [0.25, 0.3) is 0 Å². The predicted molar refractivity (Wildman–Crippen MR) is 47.6 cm³/mol. The minimum Gasteiger partial charge on any atom is -0.393 e. The summed E-state index contributed by atoms with van der Waals surface area (Å²) in [6.07, 6.45) is -1.38. The summed E-state index contributed by atoms with van der Waals surface area (Å²) in [5.41, 5.74) is 3.92. The number of aliphatic hydroxyl groups is 3. The number of nitrogens with two attached hydrogens (primary N) is 1. The van der Waals surface area contributed by atoms with Gasteiger partial charge in [0.1, 0.15) is 6.10 Å². The van der Waals surface area contributed by atoms with E-state index in [1.807, 2.05) is 0 Å². The van der Waals surface area contributed by atoms with Gasteiger partial charge in [0.05, 0.1) is 6.61 Å². The molecule has 1 aromatic carbocycles. The molecule has 0 aliphatic rings. The van der Waals surface area contributed by atoms with Crippen LogP contribution in [-0.2, 0) is 5.72 Å². The second-order valence-electron chi connectivity index (χ2n) is 2.89. The zero-order chi connectivity index (χ0) is 9.90. The third-order valence-electron chi connectivity index (χ3n) is 1.92. The first-order chi connectivity index (χ1) is 6.09. The van der Waals surface area contributed by atoms with Crippen molar-refractivity contribution in [2.24, 2.45) is 5.73 Å². The number of aliphatic hydroxyl groups excluding tert-OH is 2. The molecule has 0 heterocycles. The molecular formula is C9H13NO3. The van der Waals surface area contributed by atoms with Gasteiger partial charge in [-0.15, -0.1) is 0 Å². The molecule has 2 atom stereocenters. The van der Waals surface area contributed by atoms with E-state index in [1.165, 1.54) is 0 Å². The third kappa shape index (κ3) is 2.05. The van der Waals surface area contributed by atoms with Crippen molar-refractivity contribution in [2.75, 3.05) is 6.61 Å². The third-order valence-corrected chi connectivity index (χ3v) is 1.92. The zero-order valence-electron chi connectivity index (χ0n) is 7.09. The molecule has 0 fully saturated rings. The first-order valence-corrected chi connectivity index (χ1v) is 3.94. The normalized spacial score (nSPS) is 17.8. The Labute approximate surface area is 76.2 Å². The molecule has 13 heavy (non-hydrogen) atoms. The lowest BCUT2D eigenvalue weighted by atomic mass is 9.98. The maximum Gasteiger partial charge on any atom is 0.168 e. The van der Waals surface area contributed by atoms with Gasteiger partial charge in [-0.25, -0.2) is 0 Å². The van der Waals surface area contributed by atoms with Gasteiger partial charge in [-0.3, -0.25) is 5.73 Å². The SMILES string of the molecule is NC(O)(c1ccccc1)C(O)CO. The topological polar surface area (TPSA) is 86.7 Å². The highest BCUT2D eigenvalue weighted by Gasteiger charge is 2.32. The molecule has 1 aromatic rings. The maximum absolute atomic E-state index is 9.62. The van der Waals surface area contributed by atoms with Crippen LogP contribution in [0.4, 0.5) is 0 Å². The molecule has 0 spiro atoms. The highest BCUT2D eigenvalue weighted by Crippen LogP contribution is 2.18. The van der Waals surface area contributed by atoms with Gasteiger partial charge in [-0.1, -0.05) is 30.3 Å². The molecular weight excluding hydrogens is 170 g/mol. The Bertz CT molecular complexity index is 261. The molecule has 0 radical (unpaired) electrons. The first-order valence-electron chi connectivity index (χ1n) is 3.94. The molecule has 2 unspecified atom stereocenters. The molecule has 4 nitrogen and oxygen atoms in total. The average Bonchev–Trinajstić information content (AvgIpc) is 2.18. The quantitative estimate of drug-likeness (QED) is 0.459. The van der Waals surface area contributed by atoms with E-state index < -0.39 is 18.4 Å². The van der Waals surface area contributed by atoms with Crippen LogP contribution in [-0.4, -0.2) is 28.0 Å². The van der Waals surface area contributed by atoms with E-state index in [9.17, 15) is 10.2 Å². The summed E-state index contributed by atoms with van der Waals surface area (Å²) in [6, 6.07) is 8.32. The summed E-state index contributed by atoms with van der Waals surface area (Å²) in [4.78, 5) is 0. The van der Waals surface area contributed by atoms with Crippen LogP contribution in [0.2, 0.25) is 0 Å². The molecule has 0 aliphatic carbocycles. The van der Waals surface area contributed by atoms with Crippen LogP contribution < -0.4 is 5.73 Å². The van der Waals surface area contributed by atoms with E-state index in [4.69, 9.17) is 10.8 Å². The summed E-state index contributed by atoms with van der Waals surface area (Å²) >= 11 is 0. The summed E-state index contributed by atoms with van der Waals surface area (Å²) < 4.78 is 0. The van der Waals surface area contributed by atoms with Gasteiger partial charge in [0.2, 0.25) is 0 Å². The Hall–Kier alpha value is -0.940. The Morgan fingerprint density at radius 3 is 2.31 bits per heavy atom. The molecule has 72 valence electrons. The van der Waals surface area contributed by atoms with E-state index in [0.717, 1.165) is 0 Å². The minimum absolute atomic E-state index is 0.372. The maximum atomic E-state index is 9.62. The summed E-state index contributed by atoms with van der Waals surface area (Å²) in [7, 11) is 0. The van der Waals surface area contributed by atoms with E-state index in [-0.39, 0.29) is 0 Å². The van der Waals surface area contributed by atoms with Crippen molar-refractivity contribution >= 4 is 0 Å². The Morgan fingerprint density at radius 1 is 1.31 bits per heavy atom. The largest absolute Gasteiger partial charge is 0.393 e. The van der Waals surface area contributed by atoms with Crippen LogP contribution in [0.1, 0.15) is 5.56 Å². The predicted octanol–water partition coefficient (Wildman–Crippen LogP) is -0.856. The molecule has 1 rings (SSSR count). The van der Waals surface area contributed by atoms with Crippen molar-refractivity contribution < 1.29 is 15.3 Å². The lowest BCUT2D eigenvalue weighted by molar-refractivity contribution is -0.0963. The minimum atomic E-state index is -1.89. The summed E-state index contributed by atoms with van der Waals surface area (Å²) in [5.74, 6) is 0. The Balaban J connectivity index is 2.93. The molecule has 0 saturated carbocycles. The highest BCUT2D eigenvalue weighted by molar-refractivity contribution is 5.22. The van der Waals surface area contributed by atoms with E-state index >= 15 is 0 Å². The van der Waals surface area contributed by atoms with Crippen molar-refractivity contribution in [1.82, 2.24) is 0 Å². The molecule has 0 amide bonds. The first kappa shape index (κ1) is 10.1. The summed E-state index contributed by atoms with van der Waals surface area (Å²) in [5, 5.41) is 27.5. The fourth-order valence-corrected chi connectivity index (χ4v) is 1.04. The Morgan fingerprint density at radius 2 is 1.85 bits per heavy atom. The van der Waals surface area contributed by atoms with Gasteiger partial charge >= 0.3 is 0 Å². The van der Waals surface area contributed by atoms with Gasteiger partial charge in [0.15, 0.2) is 5.72 Å². The molecule has 0 aromatic heterocycles. The standard InChI is InChI=1S/C9H13NO3/c10-9(13,8(12)6-11)7-4-2-1-3-5-7/h1-5,8,11-13H,6,10H2. The number of hydrogen-bond acceptors (Lipinski definition) is 4. The average molecular weight is 183 g/mol. The zero-order valence-corrected chi connectivity index (χ0v) is 7.09. The van der Waals surface area contributed by atoms with Crippen molar-refractivity contribution in [3.63, 3.8) is 0 Å². The van der Waals surface area contributed by atoms with Crippen molar-refractivity contribution in [3.05, 3.63) is 35.9 Å². The van der Waals surface area contributed by atoms with Crippen LogP contribution in [0.15, 0.2) is 30.3 Å². The lowest BCUT2D eigenvalue weighted by Crippen LogP contribution is -2.49. The number of rotatable bonds is 3. The number of hydrogen-bond donors (Lipinski definition) is 4. The van der Waals surface area contributed by atoms with E-state index in [2.05, 4.69) is 0 Å². The molecule has 0 aliphatic heterocycles. The van der Waals surface area contributed by atoms with Crippen LogP contribution in [0.25, 0.3) is 0 Å².